The van der Waals surface area contributed by atoms with E-state index in [0.717, 1.165) is 38.5 Å². The lowest BCUT2D eigenvalue weighted by molar-refractivity contribution is -0.137. The van der Waals surface area contributed by atoms with Gasteiger partial charge in [0.25, 0.3) is 0 Å². The molecule has 1 rings (SSSR count). The number of hydrogen-bond acceptors (Lipinski definition) is 3. The molecule has 0 unspecified atom stereocenters. The summed E-state index contributed by atoms with van der Waals surface area (Å²) >= 11 is 0. The van der Waals surface area contributed by atoms with Crippen molar-refractivity contribution in [2.24, 2.45) is 11.8 Å². The minimum atomic E-state index is -0.768. The van der Waals surface area contributed by atoms with Crippen LogP contribution in [-0.4, -0.2) is 28.1 Å². The number of carboxylic acids is 1. The summed E-state index contributed by atoms with van der Waals surface area (Å²) in [6, 6.07) is 0. The van der Waals surface area contributed by atoms with Crippen molar-refractivity contribution < 1.29 is 19.8 Å². The average molecular weight is 334 g/mol. The summed E-state index contributed by atoms with van der Waals surface area (Å²) < 4.78 is 0. The first-order valence-electron chi connectivity index (χ1n) is 8.99. The Bertz CT molecular complexity index is 476. The Hall–Kier alpha value is -1.68. The van der Waals surface area contributed by atoms with E-state index >= 15 is 0 Å². The van der Waals surface area contributed by atoms with Crippen LogP contribution in [0.25, 0.3) is 0 Å². The zero-order valence-electron chi connectivity index (χ0n) is 14.6. The van der Waals surface area contributed by atoms with Gasteiger partial charge in [-0.05, 0) is 37.7 Å². The van der Waals surface area contributed by atoms with Gasteiger partial charge in [0.05, 0.1) is 6.10 Å². The molecule has 0 saturated heterocycles. The molecule has 0 aromatic rings. The average Bonchev–Trinajstić information content (AvgIpc) is 2.89. The maximum atomic E-state index is 12.0. The van der Waals surface area contributed by atoms with Gasteiger partial charge in [0.2, 0.25) is 0 Å². The van der Waals surface area contributed by atoms with E-state index in [1.165, 1.54) is 0 Å². The second-order valence-electron chi connectivity index (χ2n) is 6.39. The van der Waals surface area contributed by atoms with Crippen LogP contribution >= 0.6 is 0 Å². The van der Waals surface area contributed by atoms with Crippen molar-refractivity contribution in [2.75, 3.05) is 0 Å². The summed E-state index contributed by atoms with van der Waals surface area (Å²) in [5, 5.41) is 18.5. The van der Waals surface area contributed by atoms with Crippen molar-refractivity contribution in [3.8, 4) is 0 Å². The van der Waals surface area contributed by atoms with E-state index < -0.39 is 12.1 Å². The Labute approximate surface area is 145 Å². The number of aliphatic carboxylic acids is 1. The van der Waals surface area contributed by atoms with Gasteiger partial charge in [-0.1, -0.05) is 56.6 Å². The number of allylic oxidation sites excluding steroid dienone is 5. The van der Waals surface area contributed by atoms with Crippen molar-refractivity contribution in [2.45, 2.75) is 64.4 Å². The molecule has 1 aliphatic carbocycles. The van der Waals surface area contributed by atoms with E-state index in [1.54, 1.807) is 12.2 Å². The highest BCUT2D eigenvalue weighted by atomic mass is 16.4. The number of ketones is 1. The quantitative estimate of drug-likeness (QED) is 0.417. The van der Waals surface area contributed by atoms with Crippen LogP contribution in [0.5, 0.6) is 0 Å². The number of hydrogen-bond donors (Lipinski definition) is 2. The zero-order valence-corrected chi connectivity index (χ0v) is 14.6. The van der Waals surface area contributed by atoms with Crippen LogP contribution in [0.1, 0.15) is 58.3 Å². The Balaban J connectivity index is 2.38. The van der Waals surface area contributed by atoms with Crippen LogP contribution in [0.3, 0.4) is 0 Å². The summed E-state index contributed by atoms with van der Waals surface area (Å²) in [6.07, 6.45) is 17.0. The molecular weight excluding hydrogens is 304 g/mol. The number of unbranched alkanes of at least 4 members (excludes halogenated alkanes) is 3. The smallest absolute Gasteiger partial charge is 0.303 e. The number of carbonyl (C=O) groups excluding carboxylic acids is 1. The lowest BCUT2D eigenvalue weighted by Gasteiger charge is -2.13. The number of carbonyl (C=O) groups is 2. The third-order valence-electron chi connectivity index (χ3n) is 4.28. The third kappa shape index (κ3) is 8.25. The first-order chi connectivity index (χ1) is 11.5. The molecule has 4 heteroatoms. The van der Waals surface area contributed by atoms with Crippen LogP contribution in [0.2, 0.25) is 0 Å². The Kier molecular flexibility index (Phi) is 10.0. The van der Waals surface area contributed by atoms with Crippen molar-refractivity contribution in [3.05, 3.63) is 36.5 Å². The molecule has 0 bridgehead atoms. The number of aliphatic hydroxyl groups is 1. The summed E-state index contributed by atoms with van der Waals surface area (Å²) in [5.74, 6) is -0.728. The van der Waals surface area contributed by atoms with E-state index in [4.69, 9.17) is 5.11 Å². The Morgan fingerprint density at radius 3 is 2.79 bits per heavy atom. The molecule has 0 heterocycles. The van der Waals surface area contributed by atoms with Crippen LogP contribution in [0.4, 0.5) is 0 Å². The second kappa shape index (κ2) is 11.8. The van der Waals surface area contributed by atoms with Crippen molar-refractivity contribution in [1.29, 1.82) is 0 Å². The van der Waals surface area contributed by atoms with Crippen LogP contribution in [-0.2, 0) is 9.59 Å². The summed E-state index contributed by atoms with van der Waals surface area (Å²) in [5.41, 5.74) is 0. The number of rotatable bonds is 12. The normalized spacial score (nSPS) is 22.0. The van der Waals surface area contributed by atoms with Gasteiger partial charge in [-0.15, -0.1) is 0 Å². The highest BCUT2D eigenvalue weighted by Gasteiger charge is 2.26. The molecule has 0 aromatic carbocycles. The van der Waals surface area contributed by atoms with E-state index in [-0.39, 0.29) is 24.0 Å². The zero-order chi connectivity index (χ0) is 17.8. The number of aliphatic hydroxyl groups excluding tert-OH is 1. The maximum absolute atomic E-state index is 12.0. The van der Waals surface area contributed by atoms with Gasteiger partial charge in [0.1, 0.15) is 0 Å². The van der Waals surface area contributed by atoms with Crippen molar-refractivity contribution in [1.82, 2.24) is 0 Å². The fourth-order valence-corrected chi connectivity index (χ4v) is 2.81. The fourth-order valence-electron chi connectivity index (χ4n) is 2.81. The largest absolute Gasteiger partial charge is 0.481 e. The first-order valence-corrected chi connectivity index (χ1v) is 8.99. The van der Waals surface area contributed by atoms with Crippen molar-refractivity contribution in [3.63, 3.8) is 0 Å². The van der Waals surface area contributed by atoms with Crippen LogP contribution in [0.15, 0.2) is 36.5 Å². The van der Waals surface area contributed by atoms with Gasteiger partial charge in [-0.2, -0.15) is 0 Å². The van der Waals surface area contributed by atoms with E-state index in [9.17, 15) is 14.7 Å². The lowest BCUT2D eigenvalue weighted by Crippen LogP contribution is -2.14. The molecule has 1 aliphatic rings. The lowest BCUT2D eigenvalue weighted by atomic mass is 9.90. The van der Waals surface area contributed by atoms with Gasteiger partial charge in [0, 0.05) is 12.3 Å². The molecule has 0 saturated carbocycles. The van der Waals surface area contributed by atoms with E-state index in [2.05, 4.69) is 6.92 Å². The molecular formula is C20H30O4. The predicted molar refractivity (Wildman–Crippen MR) is 95.7 cm³/mol. The third-order valence-corrected chi connectivity index (χ3v) is 4.28. The minimum Gasteiger partial charge on any atom is -0.481 e. The van der Waals surface area contributed by atoms with Gasteiger partial charge in [-0.3, -0.25) is 9.59 Å². The molecule has 0 aliphatic heterocycles. The van der Waals surface area contributed by atoms with Gasteiger partial charge < -0.3 is 10.2 Å². The molecule has 0 amide bonds. The highest BCUT2D eigenvalue weighted by molar-refractivity contribution is 5.95. The standard InChI is InChI=1S/C20H30O4/c1-2-3-6-10-17(21)13-14-18-16(12-15-19(18)22)9-7-4-5-8-11-20(23)24/h4,7,12-18,21H,2-3,5-6,8-11H2,1H3,(H,23,24)/b7-4-,14-13-/t16-,17-,18-/m0/s1. The Morgan fingerprint density at radius 2 is 2.08 bits per heavy atom. The molecule has 24 heavy (non-hydrogen) atoms. The topological polar surface area (TPSA) is 74.6 Å². The molecule has 0 spiro atoms. The SMILES string of the molecule is CCCCC[C@H](O)/C=C\[C@@H]1C(=O)C=C[C@@H]1C/C=C\CCCC(=O)O. The second-order valence-corrected chi connectivity index (χ2v) is 6.39. The molecule has 0 fully saturated rings. The van der Waals surface area contributed by atoms with Crippen LogP contribution < -0.4 is 0 Å². The fraction of sp³-hybridized carbons (Fsp3) is 0.600. The molecule has 134 valence electrons. The van der Waals surface area contributed by atoms with E-state index in [1.807, 2.05) is 24.3 Å². The van der Waals surface area contributed by atoms with E-state index in [0.29, 0.717) is 6.42 Å². The molecule has 3 atom stereocenters. The summed E-state index contributed by atoms with van der Waals surface area (Å²) in [4.78, 5) is 22.4. The molecule has 4 nitrogen and oxygen atoms in total. The van der Waals surface area contributed by atoms with Crippen molar-refractivity contribution >= 4 is 11.8 Å². The highest BCUT2D eigenvalue weighted by Crippen LogP contribution is 2.27. The minimum absolute atomic E-state index is 0.0938. The monoisotopic (exact) mass is 334 g/mol. The predicted octanol–water partition coefficient (Wildman–Crippen LogP) is 4.06. The summed E-state index contributed by atoms with van der Waals surface area (Å²) in [7, 11) is 0. The first kappa shape index (κ1) is 20.4. The van der Waals surface area contributed by atoms with Gasteiger partial charge in [-0.25, -0.2) is 0 Å². The maximum Gasteiger partial charge on any atom is 0.303 e. The Morgan fingerprint density at radius 1 is 1.29 bits per heavy atom. The molecule has 0 radical (unpaired) electrons. The molecule has 2 N–H and O–H groups in total. The molecule has 0 aromatic heterocycles. The number of carboxylic acid groups (broad SMARTS) is 1. The van der Waals surface area contributed by atoms with Gasteiger partial charge in [0.15, 0.2) is 5.78 Å². The van der Waals surface area contributed by atoms with Crippen LogP contribution in [0, 0.1) is 11.8 Å². The summed E-state index contributed by atoms with van der Waals surface area (Å²) in [6.45, 7) is 2.13. The van der Waals surface area contributed by atoms with Gasteiger partial charge >= 0.3 is 5.97 Å².